The number of hydrogen-bond donors (Lipinski definition) is 1. The van der Waals surface area contributed by atoms with E-state index in [1.165, 1.54) is 12.1 Å². The molecular weight excluding hydrogens is 435 g/mol. The van der Waals surface area contributed by atoms with Crippen LogP contribution in [-0.2, 0) is 17.9 Å². The number of carbonyl (C=O) groups is 1. The fourth-order valence-corrected chi connectivity index (χ4v) is 3.83. The van der Waals surface area contributed by atoms with E-state index in [4.69, 9.17) is 14.2 Å². The summed E-state index contributed by atoms with van der Waals surface area (Å²) in [4.78, 5) is 14.8. The van der Waals surface area contributed by atoms with E-state index in [0.29, 0.717) is 44.3 Å². The maximum absolute atomic E-state index is 13.4. The lowest BCUT2D eigenvalue weighted by Crippen LogP contribution is -2.36. The molecule has 2 amide bonds. The summed E-state index contributed by atoms with van der Waals surface area (Å²) in [6.45, 7) is 5.94. The van der Waals surface area contributed by atoms with E-state index in [0.717, 1.165) is 22.4 Å². The van der Waals surface area contributed by atoms with Gasteiger partial charge in [0.1, 0.15) is 23.9 Å². The summed E-state index contributed by atoms with van der Waals surface area (Å²) in [5.41, 5.74) is 3.28. The molecule has 1 N–H and O–H groups in total. The monoisotopic (exact) mass is 464 g/mol. The molecule has 3 aromatic rings. The summed E-state index contributed by atoms with van der Waals surface area (Å²) in [6.07, 6.45) is -0.211. The molecule has 3 aromatic carbocycles. The van der Waals surface area contributed by atoms with E-state index < -0.39 is 0 Å². The Hall–Kier alpha value is -3.58. The van der Waals surface area contributed by atoms with E-state index in [-0.39, 0.29) is 18.0 Å². The molecule has 1 atom stereocenters. The number of nitrogens with zero attached hydrogens (tertiary/aromatic N) is 1. The minimum absolute atomic E-state index is 0.211. The molecule has 0 fully saturated rings. The molecule has 1 heterocycles. The number of ether oxygens (including phenoxy) is 3. The molecule has 0 bridgehead atoms. The van der Waals surface area contributed by atoms with Crippen LogP contribution in [0, 0.1) is 5.82 Å². The highest BCUT2D eigenvalue weighted by atomic mass is 19.1. The number of benzene rings is 3. The molecule has 0 radical (unpaired) electrons. The molecule has 0 saturated carbocycles. The second kappa shape index (κ2) is 11.0. The van der Waals surface area contributed by atoms with Crippen LogP contribution in [0.5, 0.6) is 11.5 Å². The molecule has 0 aromatic heterocycles. The van der Waals surface area contributed by atoms with Gasteiger partial charge in [-0.3, -0.25) is 0 Å². The van der Waals surface area contributed by atoms with Crippen LogP contribution < -0.4 is 14.8 Å². The lowest BCUT2D eigenvalue weighted by Gasteiger charge is -2.22. The number of rotatable bonds is 7. The second-order valence-electron chi connectivity index (χ2n) is 8.08. The van der Waals surface area contributed by atoms with Crippen molar-refractivity contribution in [2.75, 3.05) is 25.1 Å². The molecule has 4 rings (SSSR count). The fourth-order valence-electron chi connectivity index (χ4n) is 3.83. The van der Waals surface area contributed by atoms with E-state index in [9.17, 15) is 9.18 Å². The van der Waals surface area contributed by atoms with Gasteiger partial charge in [0, 0.05) is 5.56 Å². The summed E-state index contributed by atoms with van der Waals surface area (Å²) >= 11 is 0. The van der Waals surface area contributed by atoms with Crippen molar-refractivity contribution >= 4 is 11.7 Å². The summed E-state index contributed by atoms with van der Waals surface area (Å²) < 4.78 is 30.9. The number of carbonyl (C=O) groups excluding carboxylic acids is 1. The number of anilines is 1. The largest absolute Gasteiger partial charge is 0.492 e. The van der Waals surface area contributed by atoms with Crippen molar-refractivity contribution in [3.05, 3.63) is 89.2 Å². The van der Waals surface area contributed by atoms with Crippen LogP contribution in [0.2, 0.25) is 0 Å². The summed E-state index contributed by atoms with van der Waals surface area (Å²) in [6, 6.07) is 19.4. The average molecular weight is 465 g/mol. The number of amides is 2. The molecule has 0 saturated heterocycles. The Morgan fingerprint density at radius 2 is 2.00 bits per heavy atom. The van der Waals surface area contributed by atoms with E-state index in [2.05, 4.69) is 5.32 Å². The van der Waals surface area contributed by atoms with Crippen molar-refractivity contribution in [2.24, 2.45) is 0 Å². The Labute approximate surface area is 199 Å². The zero-order valence-corrected chi connectivity index (χ0v) is 19.4. The molecule has 0 unspecified atom stereocenters. The van der Waals surface area contributed by atoms with Crippen molar-refractivity contribution in [3.63, 3.8) is 0 Å². The number of fused-ring (bicyclic) bond motifs is 1. The smallest absolute Gasteiger partial charge is 0.322 e. The Bertz CT molecular complexity index is 1140. The van der Waals surface area contributed by atoms with Crippen LogP contribution in [-0.4, -0.2) is 30.7 Å². The normalized spacial score (nSPS) is 13.9. The Balaban J connectivity index is 1.44. The minimum Gasteiger partial charge on any atom is -0.492 e. The number of para-hydroxylation sites is 2. The van der Waals surface area contributed by atoms with Crippen molar-refractivity contribution in [1.82, 2.24) is 4.90 Å². The summed E-state index contributed by atoms with van der Waals surface area (Å²) in [7, 11) is 0. The topological polar surface area (TPSA) is 60.0 Å². The Morgan fingerprint density at radius 1 is 1.15 bits per heavy atom. The number of urea groups is 1. The van der Waals surface area contributed by atoms with Gasteiger partial charge >= 0.3 is 6.03 Å². The van der Waals surface area contributed by atoms with Gasteiger partial charge in [-0.05, 0) is 61.4 Å². The fraction of sp³-hybridized carbons (Fsp3) is 0.296. The predicted molar refractivity (Wildman–Crippen MR) is 129 cm³/mol. The molecule has 178 valence electrons. The van der Waals surface area contributed by atoms with Crippen molar-refractivity contribution in [1.29, 1.82) is 0 Å². The van der Waals surface area contributed by atoms with Crippen LogP contribution in [0.25, 0.3) is 0 Å². The molecule has 0 aliphatic carbocycles. The molecule has 1 aliphatic rings. The van der Waals surface area contributed by atoms with Gasteiger partial charge in [0.25, 0.3) is 0 Å². The molecular formula is C27H29FN2O4. The maximum Gasteiger partial charge on any atom is 0.322 e. The highest BCUT2D eigenvalue weighted by Crippen LogP contribution is 2.29. The zero-order chi connectivity index (χ0) is 23.9. The lowest BCUT2D eigenvalue weighted by atomic mass is 10.1. The first-order valence-corrected chi connectivity index (χ1v) is 11.4. The molecule has 1 aliphatic heterocycles. The first-order chi connectivity index (χ1) is 16.5. The average Bonchev–Trinajstić information content (AvgIpc) is 3.06. The van der Waals surface area contributed by atoms with Crippen molar-refractivity contribution in [3.8, 4) is 11.5 Å². The van der Waals surface area contributed by atoms with Crippen molar-refractivity contribution < 1.29 is 23.4 Å². The first-order valence-electron chi connectivity index (χ1n) is 11.4. The number of nitrogens with one attached hydrogen (secondary N) is 1. The predicted octanol–water partition coefficient (Wildman–Crippen LogP) is 5.93. The standard InChI is InChI=1S/C27H29FN2O4/c1-3-32-26-10-5-4-9-24(26)29-27(31)30-13-14-33-25-12-11-21(16-22(25)17-30)19(2)34-18-20-7-6-8-23(28)15-20/h4-12,15-16,19H,3,13-14,17-18H2,1-2H3,(H,29,31)/t19-/m0/s1. The minimum atomic E-state index is -0.279. The summed E-state index contributed by atoms with van der Waals surface area (Å²) in [5.74, 6) is 1.11. The Kier molecular flexibility index (Phi) is 7.65. The Morgan fingerprint density at radius 3 is 2.82 bits per heavy atom. The van der Waals surface area contributed by atoms with Gasteiger partial charge in [-0.25, -0.2) is 9.18 Å². The first kappa shape index (κ1) is 23.6. The number of hydrogen-bond acceptors (Lipinski definition) is 4. The van der Waals surface area contributed by atoms with Crippen molar-refractivity contribution in [2.45, 2.75) is 33.1 Å². The van der Waals surface area contributed by atoms with Gasteiger partial charge in [-0.15, -0.1) is 0 Å². The number of halogens is 1. The van der Waals surface area contributed by atoms with Crippen LogP contribution in [0.3, 0.4) is 0 Å². The van der Waals surface area contributed by atoms with E-state index >= 15 is 0 Å². The third-order valence-electron chi connectivity index (χ3n) is 5.64. The van der Waals surface area contributed by atoms with Gasteiger partial charge in [-0.2, -0.15) is 0 Å². The van der Waals surface area contributed by atoms with Gasteiger partial charge in [0.05, 0.1) is 38.1 Å². The van der Waals surface area contributed by atoms with Crippen LogP contribution in [0.15, 0.2) is 66.7 Å². The highest BCUT2D eigenvalue weighted by Gasteiger charge is 2.22. The highest BCUT2D eigenvalue weighted by molar-refractivity contribution is 5.91. The van der Waals surface area contributed by atoms with Crippen LogP contribution in [0.1, 0.15) is 36.6 Å². The maximum atomic E-state index is 13.4. The van der Waals surface area contributed by atoms with Gasteiger partial charge in [0.15, 0.2) is 0 Å². The van der Waals surface area contributed by atoms with E-state index in [1.54, 1.807) is 11.0 Å². The molecule has 34 heavy (non-hydrogen) atoms. The third kappa shape index (κ3) is 5.85. The lowest BCUT2D eigenvalue weighted by molar-refractivity contribution is 0.0523. The second-order valence-corrected chi connectivity index (χ2v) is 8.08. The molecule has 6 nitrogen and oxygen atoms in total. The molecule has 0 spiro atoms. The van der Waals surface area contributed by atoms with Crippen LogP contribution in [0.4, 0.5) is 14.9 Å². The van der Waals surface area contributed by atoms with Gasteiger partial charge < -0.3 is 24.4 Å². The van der Waals surface area contributed by atoms with Gasteiger partial charge in [0.2, 0.25) is 0 Å². The van der Waals surface area contributed by atoms with Gasteiger partial charge in [-0.1, -0.05) is 30.3 Å². The van der Waals surface area contributed by atoms with E-state index in [1.807, 2.05) is 62.4 Å². The summed E-state index contributed by atoms with van der Waals surface area (Å²) in [5, 5.41) is 2.96. The SMILES string of the molecule is CCOc1ccccc1NC(=O)N1CCOc2ccc([C@H](C)OCc3cccc(F)c3)cc2C1. The third-order valence-corrected chi connectivity index (χ3v) is 5.64. The van der Waals surface area contributed by atoms with Crippen LogP contribution >= 0.6 is 0 Å². The zero-order valence-electron chi connectivity index (χ0n) is 19.4. The molecule has 7 heteroatoms. The quantitative estimate of drug-likeness (QED) is 0.471.